The van der Waals surface area contributed by atoms with Gasteiger partial charge in [0.05, 0.1) is 18.4 Å². The van der Waals surface area contributed by atoms with E-state index in [4.69, 9.17) is 0 Å². The van der Waals surface area contributed by atoms with E-state index in [-0.39, 0.29) is 11.4 Å². The van der Waals surface area contributed by atoms with Crippen LogP contribution in [0.5, 0.6) is 0 Å². The van der Waals surface area contributed by atoms with Gasteiger partial charge in [-0.3, -0.25) is 4.68 Å². The fourth-order valence-corrected chi connectivity index (χ4v) is 3.33. The topological polar surface area (TPSA) is 69.8 Å². The number of hydrogen-bond donors (Lipinski definition) is 0. The third-order valence-electron chi connectivity index (χ3n) is 3.18. The Bertz CT molecular complexity index is 683. The number of hydrogen-bond acceptors (Lipinski definition) is 4. The highest BCUT2D eigenvalue weighted by molar-refractivity contribution is 7.89. The first-order valence-electron chi connectivity index (χ1n) is 6.02. The van der Waals surface area contributed by atoms with Gasteiger partial charge < -0.3 is 0 Å². The first kappa shape index (κ1) is 12.3. The summed E-state index contributed by atoms with van der Waals surface area (Å²) in [6.45, 7) is -0.539. The van der Waals surface area contributed by atoms with E-state index in [1.807, 2.05) is 0 Å². The fraction of sp³-hybridized carbons (Fsp3) is 0.455. The zero-order valence-electron chi connectivity index (χ0n) is 10.2. The van der Waals surface area contributed by atoms with Gasteiger partial charge in [-0.05, 0) is 24.8 Å². The second kappa shape index (κ2) is 4.44. The molecular weight excluding hydrogens is 271 g/mol. The Kier molecular flexibility index (Phi) is 2.89. The van der Waals surface area contributed by atoms with Gasteiger partial charge in [-0.25, -0.2) is 4.39 Å². The molecule has 0 fully saturated rings. The molecule has 1 aliphatic carbocycles. The average molecular weight is 284 g/mol. The lowest BCUT2D eigenvalue weighted by Gasteiger charge is -2.01. The number of rotatable bonds is 4. The minimum absolute atomic E-state index is 0.0297. The molecule has 102 valence electrons. The zero-order valence-corrected chi connectivity index (χ0v) is 11.0. The SMILES string of the molecule is O=S(=O)(c1cnn(CCF)c1)n1cc2c(n1)CCC2. The lowest BCUT2D eigenvalue weighted by atomic mass is 10.3. The van der Waals surface area contributed by atoms with Gasteiger partial charge in [0.25, 0.3) is 10.0 Å². The van der Waals surface area contributed by atoms with E-state index in [0.29, 0.717) is 0 Å². The molecule has 0 spiro atoms. The van der Waals surface area contributed by atoms with Crippen molar-refractivity contribution in [1.29, 1.82) is 0 Å². The Morgan fingerprint density at radius 3 is 2.89 bits per heavy atom. The van der Waals surface area contributed by atoms with Crippen molar-refractivity contribution in [1.82, 2.24) is 19.0 Å². The van der Waals surface area contributed by atoms with Gasteiger partial charge >= 0.3 is 0 Å². The van der Waals surface area contributed by atoms with Crippen molar-refractivity contribution in [3.8, 4) is 0 Å². The molecular formula is C11H13FN4O2S. The third-order valence-corrected chi connectivity index (χ3v) is 4.67. The van der Waals surface area contributed by atoms with E-state index in [2.05, 4.69) is 10.2 Å². The van der Waals surface area contributed by atoms with Crippen LogP contribution in [0.3, 0.4) is 0 Å². The summed E-state index contributed by atoms with van der Waals surface area (Å²) in [5.41, 5.74) is 1.83. The highest BCUT2D eigenvalue weighted by Crippen LogP contribution is 2.22. The Morgan fingerprint density at radius 2 is 2.16 bits per heavy atom. The number of alkyl halides is 1. The largest absolute Gasteiger partial charge is 0.286 e. The molecule has 0 N–H and O–H groups in total. The number of aryl methyl sites for hydroxylation is 3. The Balaban J connectivity index is 1.96. The monoisotopic (exact) mass is 284 g/mol. The molecule has 2 aromatic heterocycles. The highest BCUT2D eigenvalue weighted by atomic mass is 32.2. The van der Waals surface area contributed by atoms with Crippen LogP contribution in [0.2, 0.25) is 0 Å². The fourth-order valence-electron chi connectivity index (χ4n) is 2.20. The van der Waals surface area contributed by atoms with Crippen molar-refractivity contribution in [3.63, 3.8) is 0 Å². The summed E-state index contributed by atoms with van der Waals surface area (Å²) in [5.74, 6) is 0. The summed E-state index contributed by atoms with van der Waals surface area (Å²) in [7, 11) is -3.71. The van der Waals surface area contributed by atoms with Crippen LogP contribution in [-0.2, 0) is 29.4 Å². The summed E-state index contributed by atoms with van der Waals surface area (Å²) in [6.07, 6.45) is 6.81. The van der Waals surface area contributed by atoms with Gasteiger partial charge in [-0.1, -0.05) is 0 Å². The maximum Gasteiger partial charge on any atom is 0.286 e. The van der Waals surface area contributed by atoms with E-state index >= 15 is 0 Å². The predicted molar refractivity (Wildman–Crippen MR) is 65.0 cm³/mol. The molecule has 2 aromatic rings. The molecule has 2 heterocycles. The molecule has 0 saturated heterocycles. The van der Waals surface area contributed by atoms with Gasteiger partial charge in [0.2, 0.25) is 0 Å². The van der Waals surface area contributed by atoms with Crippen molar-refractivity contribution in [2.75, 3.05) is 6.67 Å². The second-order valence-corrected chi connectivity index (χ2v) is 6.26. The lowest BCUT2D eigenvalue weighted by molar-refractivity contribution is 0.426. The van der Waals surface area contributed by atoms with E-state index < -0.39 is 16.7 Å². The van der Waals surface area contributed by atoms with Crippen molar-refractivity contribution in [2.24, 2.45) is 0 Å². The Hall–Kier alpha value is -1.70. The molecule has 1 aliphatic rings. The summed E-state index contributed by atoms with van der Waals surface area (Å²) < 4.78 is 39.1. The van der Waals surface area contributed by atoms with Crippen LogP contribution < -0.4 is 0 Å². The zero-order chi connectivity index (χ0) is 13.5. The number of aromatic nitrogens is 4. The van der Waals surface area contributed by atoms with Crippen molar-refractivity contribution in [3.05, 3.63) is 29.8 Å². The molecule has 0 aliphatic heterocycles. The van der Waals surface area contributed by atoms with E-state index in [1.165, 1.54) is 17.1 Å². The summed E-state index contributed by atoms with van der Waals surface area (Å²) in [4.78, 5) is 0.0297. The summed E-state index contributed by atoms with van der Waals surface area (Å²) in [6, 6.07) is 0. The quantitative estimate of drug-likeness (QED) is 0.831. The van der Waals surface area contributed by atoms with Gasteiger partial charge in [-0.15, -0.1) is 0 Å². The minimum atomic E-state index is -3.71. The lowest BCUT2D eigenvalue weighted by Crippen LogP contribution is -2.13. The van der Waals surface area contributed by atoms with E-state index in [9.17, 15) is 12.8 Å². The molecule has 0 unspecified atom stereocenters. The second-order valence-electron chi connectivity index (χ2n) is 4.46. The first-order chi connectivity index (χ1) is 9.11. The Morgan fingerprint density at radius 1 is 1.32 bits per heavy atom. The minimum Gasteiger partial charge on any atom is -0.269 e. The highest BCUT2D eigenvalue weighted by Gasteiger charge is 2.24. The third kappa shape index (κ3) is 2.05. The van der Waals surface area contributed by atoms with Gasteiger partial charge in [0.15, 0.2) is 0 Å². The molecule has 3 rings (SSSR count). The standard InChI is InChI=1S/C11H13FN4O2S/c12-4-5-15-8-10(6-13-15)19(17,18)16-7-9-2-1-3-11(9)14-16/h6-8H,1-5H2. The summed E-state index contributed by atoms with van der Waals surface area (Å²) in [5, 5.41) is 7.93. The van der Waals surface area contributed by atoms with Crippen LogP contribution >= 0.6 is 0 Å². The maximum atomic E-state index is 12.3. The molecule has 0 atom stereocenters. The Labute approximate surface area is 109 Å². The van der Waals surface area contributed by atoms with Crippen LogP contribution in [0.15, 0.2) is 23.5 Å². The predicted octanol–water partition coefficient (Wildman–Crippen LogP) is 0.775. The first-order valence-corrected chi connectivity index (χ1v) is 7.46. The van der Waals surface area contributed by atoms with Gasteiger partial charge in [-0.2, -0.15) is 22.7 Å². The van der Waals surface area contributed by atoms with Crippen molar-refractivity contribution < 1.29 is 12.8 Å². The van der Waals surface area contributed by atoms with Crippen LogP contribution in [0, 0.1) is 0 Å². The molecule has 0 amide bonds. The van der Waals surface area contributed by atoms with Crippen LogP contribution in [-0.4, -0.2) is 34.1 Å². The van der Waals surface area contributed by atoms with Crippen molar-refractivity contribution >= 4 is 10.0 Å². The number of nitrogens with zero attached hydrogens (tertiary/aromatic N) is 4. The van der Waals surface area contributed by atoms with Crippen LogP contribution in [0.1, 0.15) is 17.7 Å². The van der Waals surface area contributed by atoms with Crippen LogP contribution in [0.25, 0.3) is 0 Å². The molecule has 6 nitrogen and oxygen atoms in total. The average Bonchev–Trinajstić information content (AvgIpc) is 3.03. The van der Waals surface area contributed by atoms with E-state index in [0.717, 1.165) is 34.6 Å². The van der Waals surface area contributed by atoms with Crippen molar-refractivity contribution in [2.45, 2.75) is 30.7 Å². The maximum absolute atomic E-state index is 12.3. The van der Waals surface area contributed by atoms with E-state index in [1.54, 1.807) is 6.20 Å². The molecule has 0 bridgehead atoms. The smallest absolute Gasteiger partial charge is 0.269 e. The van der Waals surface area contributed by atoms with Gasteiger partial charge in [0, 0.05) is 12.4 Å². The molecule has 0 radical (unpaired) electrons. The molecule has 0 saturated carbocycles. The molecule has 0 aromatic carbocycles. The number of halogens is 1. The normalized spacial score (nSPS) is 14.8. The number of fused-ring (bicyclic) bond motifs is 1. The molecule has 8 heteroatoms. The van der Waals surface area contributed by atoms with Crippen LogP contribution in [0.4, 0.5) is 4.39 Å². The van der Waals surface area contributed by atoms with Gasteiger partial charge in [0.1, 0.15) is 11.6 Å². The molecule has 19 heavy (non-hydrogen) atoms. The summed E-state index contributed by atoms with van der Waals surface area (Å²) >= 11 is 0.